The van der Waals surface area contributed by atoms with Crippen molar-refractivity contribution in [3.05, 3.63) is 34.9 Å². The predicted octanol–water partition coefficient (Wildman–Crippen LogP) is 4.05. The first-order valence-corrected chi connectivity index (χ1v) is 10.6. The first-order chi connectivity index (χ1) is 13.6. The summed E-state index contributed by atoms with van der Waals surface area (Å²) in [7, 11) is 1.59. The van der Waals surface area contributed by atoms with E-state index >= 15 is 0 Å². The molecule has 0 aromatic heterocycles. The van der Waals surface area contributed by atoms with E-state index in [0.29, 0.717) is 29.9 Å². The molecule has 2 amide bonds. The second kappa shape index (κ2) is 9.97. The number of piperidine rings is 1. The fourth-order valence-electron chi connectivity index (χ4n) is 4.06. The van der Waals surface area contributed by atoms with Gasteiger partial charge in [0.05, 0.1) is 13.0 Å². The van der Waals surface area contributed by atoms with Crippen molar-refractivity contribution in [3.63, 3.8) is 0 Å². The number of methoxy groups -OCH3 is 1. The summed E-state index contributed by atoms with van der Waals surface area (Å²) in [5, 5.41) is 3.79. The average Bonchev–Trinajstić information content (AvgIpc) is 2.73. The minimum Gasteiger partial charge on any atom is -0.496 e. The van der Waals surface area contributed by atoms with Crippen molar-refractivity contribution < 1.29 is 14.3 Å². The number of hydrogen-bond donors (Lipinski definition) is 1. The second-order valence-electron chi connectivity index (χ2n) is 7.69. The average molecular weight is 405 g/mol. The highest BCUT2D eigenvalue weighted by atomic mass is 35.5. The van der Waals surface area contributed by atoms with Crippen LogP contribution in [0.4, 0.5) is 0 Å². The number of carbonyl (C=O) groups is 2. The van der Waals surface area contributed by atoms with E-state index in [9.17, 15) is 9.59 Å². The molecule has 1 aromatic carbocycles. The topological polar surface area (TPSA) is 58.6 Å². The van der Waals surface area contributed by atoms with Crippen molar-refractivity contribution in [3.8, 4) is 5.75 Å². The molecule has 0 bridgehead atoms. The highest BCUT2D eigenvalue weighted by molar-refractivity contribution is 6.30. The zero-order valence-corrected chi connectivity index (χ0v) is 17.2. The summed E-state index contributed by atoms with van der Waals surface area (Å²) in [6.07, 6.45) is 10.7. The molecular weight excluding hydrogens is 376 g/mol. The number of rotatable bonds is 5. The third kappa shape index (κ3) is 5.51. The number of likely N-dealkylation sites (tertiary alicyclic amines) is 1. The number of nitrogens with zero attached hydrogens (tertiary/aromatic N) is 1. The van der Waals surface area contributed by atoms with Gasteiger partial charge in [-0.15, -0.1) is 0 Å². The third-order valence-corrected chi connectivity index (χ3v) is 5.89. The molecule has 0 radical (unpaired) electrons. The molecule has 152 valence electrons. The molecule has 1 heterocycles. The zero-order chi connectivity index (χ0) is 19.9. The molecule has 28 heavy (non-hydrogen) atoms. The molecule has 1 aliphatic carbocycles. The molecule has 1 aromatic rings. The molecule has 1 N–H and O–H groups in total. The highest BCUT2D eigenvalue weighted by Gasteiger charge is 2.29. The van der Waals surface area contributed by atoms with Gasteiger partial charge in [-0.3, -0.25) is 9.59 Å². The van der Waals surface area contributed by atoms with Gasteiger partial charge in [-0.1, -0.05) is 30.9 Å². The van der Waals surface area contributed by atoms with E-state index in [1.807, 2.05) is 0 Å². The molecule has 2 fully saturated rings. The molecule has 1 aliphatic heterocycles. The molecule has 1 atom stereocenters. The smallest absolute Gasteiger partial charge is 0.246 e. The maximum atomic E-state index is 12.6. The van der Waals surface area contributed by atoms with Gasteiger partial charge in [-0.25, -0.2) is 0 Å². The Kier molecular flexibility index (Phi) is 7.37. The van der Waals surface area contributed by atoms with Crippen molar-refractivity contribution in [2.24, 2.45) is 5.92 Å². The van der Waals surface area contributed by atoms with Gasteiger partial charge in [-0.2, -0.15) is 0 Å². The largest absolute Gasteiger partial charge is 0.496 e. The molecule has 1 unspecified atom stereocenters. The van der Waals surface area contributed by atoms with Gasteiger partial charge in [0.25, 0.3) is 0 Å². The summed E-state index contributed by atoms with van der Waals surface area (Å²) in [4.78, 5) is 27.1. The van der Waals surface area contributed by atoms with Gasteiger partial charge < -0.3 is 15.0 Å². The number of ether oxygens (including phenoxy) is 1. The van der Waals surface area contributed by atoms with Crippen molar-refractivity contribution in [1.82, 2.24) is 10.2 Å². The Balaban J connectivity index is 1.58. The van der Waals surface area contributed by atoms with Gasteiger partial charge in [0.2, 0.25) is 11.8 Å². The first kappa shape index (κ1) is 20.7. The molecule has 6 heteroatoms. The molecule has 2 aliphatic rings. The molecule has 3 rings (SSSR count). The number of nitrogens with one attached hydrogen (secondary N) is 1. The van der Waals surface area contributed by atoms with E-state index in [-0.39, 0.29) is 17.7 Å². The summed E-state index contributed by atoms with van der Waals surface area (Å²) in [5.74, 6) is 0.563. The standard InChI is InChI=1S/C22H29ClN2O3/c1-28-20-11-10-18(23)14-16(20)9-12-21(26)25-13-5-6-17(15-25)22(27)24-19-7-3-2-4-8-19/h9-12,14,17,19H,2-8,13,15H2,1H3,(H,24,27)/b12-9+. The van der Waals surface area contributed by atoms with Crippen LogP contribution in [-0.2, 0) is 9.59 Å². The number of benzene rings is 1. The number of carbonyl (C=O) groups excluding carboxylic acids is 2. The normalized spacial score (nSPS) is 20.9. The number of hydrogen-bond acceptors (Lipinski definition) is 3. The Morgan fingerprint density at radius 1 is 1.18 bits per heavy atom. The highest BCUT2D eigenvalue weighted by Crippen LogP contribution is 2.25. The SMILES string of the molecule is COc1ccc(Cl)cc1/C=C/C(=O)N1CCCC(C(=O)NC2CCCCC2)C1. The van der Waals surface area contributed by atoms with Crippen LogP contribution in [0.3, 0.4) is 0 Å². The Hall–Kier alpha value is -2.01. The number of halogens is 1. The van der Waals surface area contributed by atoms with Gasteiger partial charge in [0.1, 0.15) is 5.75 Å². The van der Waals surface area contributed by atoms with Crippen LogP contribution in [0.15, 0.2) is 24.3 Å². The lowest BCUT2D eigenvalue weighted by Gasteiger charge is -2.33. The van der Waals surface area contributed by atoms with Crippen LogP contribution in [0.5, 0.6) is 5.75 Å². The molecule has 1 saturated heterocycles. The zero-order valence-electron chi connectivity index (χ0n) is 16.5. The van der Waals surface area contributed by atoms with E-state index in [2.05, 4.69) is 5.32 Å². The van der Waals surface area contributed by atoms with E-state index in [4.69, 9.17) is 16.3 Å². The fourth-order valence-corrected chi connectivity index (χ4v) is 4.24. The van der Waals surface area contributed by atoms with Crippen LogP contribution >= 0.6 is 11.6 Å². The van der Waals surface area contributed by atoms with Gasteiger partial charge >= 0.3 is 0 Å². The van der Waals surface area contributed by atoms with Gasteiger partial charge in [0.15, 0.2) is 0 Å². The maximum Gasteiger partial charge on any atom is 0.246 e. The third-order valence-electron chi connectivity index (χ3n) is 5.65. The summed E-state index contributed by atoms with van der Waals surface area (Å²) < 4.78 is 5.31. The Bertz CT molecular complexity index is 728. The van der Waals surface area contributed by atoms with E-state index in [0.717, 1.165) is 31.2 Å². The summed E-state index contributed by atoms with van der Waals surface area (Å²) >= 11 is 6.04. The summed E-state index contributed by atoms with van der Waals surface area (Å²) in [6.45, 7) is 1.16. The first-order valence-electron chi connectivity index (χ1n) is 10.2. The maximum absolute atomic E-state index is 12.6. The van der Waals surface area contributed by atoms with Crippen molar-refractivity contribution >= 4 is 29.5 Å². The summed E-state index contributed by atoms with van der Waals surface area (Å²) in [6, 6.07) is 5.60. The fraction of sp³-hybridized carbons (Fsp3) is 0.545. The second-order valence-corrected chi connectivity index (χ2v) is 8.12. The minimum absolute atomic E-state index is 0.0859. The van der Waals surface area contributed by atoms with Crippen LogP contribution in [0, 0.1) is 5.92 Å². The van der Waals surface area contributed by atoms with Crippen LogP contribution in [-0.4, -0.2) is 43.0 Å². The van der Waals surface area contributed by atoms with Crippen LogP contribution < -0.4 is 10.1 Å². The van der Waals surface area contributed by atoms with Crippen molar-refractivity contribution in [1.29, 1.82) is 0 Å². The molecule has 1 saturated carbocycles. The quantitative estimate of drug-likeness (QED) is 0.753. The minimum atomic E-state index is -0.117. The predicted molar refractivity (Wildman–Crippen MR) is 111 cm³/mol. The van der Waals surface area contributed by atoms with Crippen LogP contribution in [0.25, 0.3) is 6.08 Å². The lowest BCUT2D eigenvalue weighted by atomic mass is 9.93. The number of amides is 2. The Morgan fingerprint density at radius 3 is 2.71 bits per heavy atom. The lowest BCUT2D eigenvalue weighted by Crippen LogP contribution is -2.47. The molecule has 0 spiro atoms. The van der Waals surface area contributed by atoms with Crippen LogP contribution in [0.1, 0.15) is 50.5 Å². The Morgan fingerprint density at radius 2 is 1.96 bits per heavy atom. The van der Waals surface area contributed by atoms with Crippen LogP contribution in [0.2, 0.25) is 5.02 Å². The monoisotopic (exact) mass is 404 g/mol. The summed E-state index contributed by atoms with van der Waals surface area (Å²) in [5.41, 5.74) is 0.756. The van der Waals surface area contributed by atoms with Gasteiger partial charge in [-0.05, 0) is 50.0 Å². The van der Waals surface area contributed by atoms with Crippen molar-refractivity contribution in [2.45, 2.75) is 51.0 Å². The molecule has 5 nitrogen and oxygen atoms in total. The van der Waals surface area contributed by atoms with E-state index in [1.165, 1.54) is 25.3 Å². The Labute approximate surface area is 172 Å². The molecular formula is C22H29ClN2O3. The van der Waals surface area contributed by atoms with Gasteiger partial charge in [0, 0.05) is 35.8 Å². The lowest BCUT2D eigenvalue weighted by molar-refractivity contribution is -0.132. The van der Waals surface area contributed by atoms with Crippen molar-refractivity contribution in [2.75, 3.05) is 20.2 Å². The van der Waals surface area contributed by atoms with E-state index < -0.39 is 0 Å². The van der Waals surface area contributed by atoms with E-state index in [1.54, 1.807) is 36.3 Å².